The maximum atomic E-state index is 10.9. The number of hydrogen-bond acceptors (Lipinski definition) is 2. The van der Waals surface area contributed by atoms with Gasteiger partial charge < -0.3 is 4.74 Å². The average molecular weight is 172 g/mol. The van der Waals surface area contributed by atoms with Crippen LogP contribution in [0.1, 0.15) is 47.0 Å². The summed E-state index contributed by atoms with van der Waals surface area (Å²) >= 11 is 0. The Morgan fingerprint density at radius 1 is 1.33 bits per heavy atom. The van der Waals surface area contributed by atoms with E-state index in [0.717, 1.165) is 12.8 Å². The van der Waals surface area contributed by atoms with Crippen molar-refractivity contribution in [3.05, 3.63) is 0 Å². The maximum Gasteiger partial charge on any atom is 0.305 e. The van der Waals surface area contributed by atoms with Gasteiger partial charge >= 0.3 is 5.97 Å². The second-order valence-electron chi connectivity index (χ2n) is 3.50. The maximum absolute atomic E-state index is 10.9. The van der Waals surface area contributed by atoms with Crippen LogP contribution in [0, 0.1) is 5.92 Å². The van der Waals surface area contributed by atoms with Crippen molar-refractivity contribution in [1.29, 1.82) is 0 Å². The molecule has 2 heteroatoms. The lowest BCUT2D eigenvalue weighted by Crippen LogP contribution is -2.18. The van der Waals surface area contributed by atoms with Gasteiger partial charge in [-0.2, -0.15) is 0 Å². The van der Waals surface area contributed by atoms with Gasteiger partial charge in [-0.15, -0.1) is 0 Å². The van der Waals surface area contributed by atoms with Gasteiger partial charge in [0.15, 0.2) is 0 Å². The summed E-state index contributed by atoms with van der Waals surface area (Å²) in [6.07, 6.45) is 2.50. The van der Waals surface area contributed by atoms with Crippen molar-refractivity contribution >= 4 is 5.97 Å². The van der Waals surface area contributed by atoms with Crippen LogP contribution in [0.15, 0.2) is 0 Å². The van der Waals surface area contributed by atoms with E-state index < -0.39 is 0 Å². The molecule has 0 spiro atoms. The third-order valence-corrected chi connectivity index (χ3v) is 1.78. The Bertz CT molecular complexity index is 130. The molecule has 0 bridgehead atoms. The van der Waals surface area contributed by atoms with Crippen LogP contribution < -0.4 is 0 Å². The van der Waals surface area contributed by atoms with Crippen LogP contribution in [0.2, 0.25) is 0 Å². The molecule has 2 nitrogen and oxygen atoms in total. The van der Waals surface area contributed by atoms with Gasteiger partial charge in [-0.25, -0.2) is 0 Å². The largest absolute Gasteiger partial charge is 0.462 e. The second-order valence-corrected chi connectivity index (χ2v) is 3.50. The third-order valence-electron chi connectivity index (χ3n) is 1.78. The highest BCUT2D eigenvalue weighted by Crippen LogP contribution is 2.11. The van der Waals surface area contributed by atoms with Crippen molar-refractivity contribution in [3.8, 4) is 0 Å². The topological polar surface area (TPSA) is 26.3 Å². The zero-order chi connectivity index (χ0) is 9.56. The van der Waals surface area contributed by atoms with Gasteiger partial charge in [0.1, 0.15) is 6.10 Å². The molecule has 0 radical (unpaired) electrons. The lowest BCUT2D eigenvalue weighted by molar-refractivity contribution is -0.149. The molecule has 0 aromatic rings. The smallest absolute Gasteiger partial charge is 0.305 e. The highest BCUT2D eigenvalue weighted by atomic mass is 16.5. The Hall–Kier alpha value is -0.530. The van der Waals surface area contributed by atoms with Crippen LogP contribution in [0.4, 0.5) is 0 Å². The van der Waals surface area contributed by atoms with Crippen LogP contribution in [0.3, 0.4) is 0 Å². The van der Waals surface area contributed by atoms with E-state index in [0.29, 0.717) is 12.3 Å². The molecule has 1 atom stereocenters. The van der Waals surface area contributed by atoms with Gasteiger partial charge in [0.25, 0.3) is 0 Å². The molecular weight excluding hydrogens is 152 g/mol. The number of rotatable bonds is 5. The highest BCUT2D eigenvalue weighted by molar-refractivity contribution is 5.69. The third kappa shape index (κ3) is 5.16. The monoisotopic (exact) mass is 172 g/mol. The molecule has 0 rings (SSSR count). The summed E-state index contributed by atoms with van der Waals surface area (Å²) in [5.74, 6) is 0.516. The van der Waals surface area contributed by atoms with Crippen LogP contribution >= 0.6 is 0 Å². The van der Waals surface area contributed by atoms with E-state index in [1.807, 2.05) is 6.92 Å². The minimum Gasteiger partial charge on any atom is -0.462 e. The van der Waals surface area contributed by atoms with E-state index in [2.05, 4.69) is 20.8 Å². The molecule has 72 valence electrons. The average Bonchev–Trinajstić information content (AvgIpc) is 2.02. The van der Waals surface area contributed by atoms with Gasteiger partial charge in [-0.05, 0) is 18.8 Å². The molecule has 12 heavy (non-hydrogen) atoms. The normalized spacial score (nSPS) is 13.1. The standard InChI is InChI=1S/C10H20O2/c1-5-9(7-8(3)4)12-10(11)6-2/h8-9H,5-7H2,1-4H3. The predicted molar refractivity (Wildman–Crippen MR) is 49.9 cm³/mol. The van der Waals surface area contributed by atoms with Crippen LogP contribution in [-0.2, 0) is 9.53 Å². The zero-order valence-corrected chi connectivity index (χ0v) is 8.59. The first-order chi connectivity index (χ1) is 5.60. The molecule has 0 aliphatic rings. The van der Waals surface area contributed by atoms with Crippen molar-refractivity contribution in [1.82, 2.24) is 0 Å². The predicted octanol–water partition coefficient (Wildman–Crippen LogP) is 2.76. The first kappa shape index (κ1) is 11.5. The quantitative estimate of drug-likeness (QED) is 0.596. The summed E-state index contributed by atoms with van der Waals surface area (Å²) in [6, 6.07) is 0. The summed E-state index contributed by atoms with van der Waals surface area (Å²) in [5.41, 5.74) is 0. The number of hydrogen-bond donors (Lipinski definition) is 0. The summed E-state index contributed by atoms with van der Waals surface area (Å²) in [7, 11) is 0. The first-order valence-corrected chi connectivity index (χ1v) is 4.79. The Morgan fingerprint density at radius 3 is 2.25 bits per heavy atom. The summed E-state index contributed by atoms with van der Waals surface area (Å²) in [5, 5.41) is 0. The molecular formula is C10H20O2. The van der Waals surface area contributed by atoms with Crippen LogP contribution in [-0.4, -0.2) is 12.1 Å². The first-order valence-electron chi connectivity index (χ1n) is 4.79. The van der Waals surface area contributed by atoms with E-state index in [1.54, 1.807) is 0 Å². The molecule has 0 aliphatic heterocycles. The summed E-state index contributed by atoms with van der Waals surface area (Å²) in [6.45, 7) is 8.16. The minimum absolute atomic E-state index is 0.0810. The molecule has 0 aliphatic carbocycles. The second kappa shape index (κ2) is 6.04. The van der Waals surface area contributed by atoms with Crippen molar-refractivity contribution in [3.63, 3.8) is 0 Å². The lowest BCUT2D eigenvalue weighted by atomic mass is 10.0. The molecule has 0 fully saturated rings. The van der Waals surface area contributed by atoms with E-state index >= 15 is 0 Å². The Kier molecular flexibility index (Phi) is 5.77. The number of carbonyl (C=O) groups excluding carboxylic acids is 1. The fourth-order valence-electron chi connectivity index (χ4n) is 1.09. The van der Waals surface area contributed by atoms with E-state index in [1.165, 1.54) is 0 Å². The van der Waals surface area contributed by atoms with Crippen molar-refractivity contribution < 1.29 is 9.53 Å². The van der Waals surface area contributed by atoms with Gasteiger partial charge in [-0.3, -0.25) is 4.79 Å². The molecule has 1 unspecified atom stereocenters. The molecule has 0 heterocycles. The Labute approximate surface area is 75.3 Å². The van der Waals surface area contributed by atoms with E-state index in [-0.39, 0.29) is 12.1 Å². The molecule has 0 N–H and O–H groups in total. The fraction of sp³-hybridized carbons (Fsp3) is 0.900. The highest BCUT2D eigenvalue weighted by Gasteiger charge is 2.12. The summed E-state index contributed by atoms with van der Waals surface area (Å²) in [4.78, 5) is 10.9. The van der Waals surface area contributed by atoms with Crippen molar-refractivity contribution in [2.24, 2.45) is 5.92 Å². The van der Waals surface area contributed by atoms with Crippen molar-refractivity contribution in [2.75, 3.05) is 0 Å². The molecule has 0 saturated carbocycles. The van der Waals surface area contributed by atoms with Gasteiger partial charge in [-0.1, -0.05) is 27.7 Å². The van der Waals surface area contributed by atoms with E-state index in [4.69, 9.17) is 4.74 Å². The minimum atomic E-state index is -0.0810. The Balaban J connectivity index is 3.74. The van der Waals surface area contributed by atoms with E-state index in [9.17, 15) is 4.79 Å². The molecule has 0 aromatic heterocycles. The zero-order valence-electron chi connectivity index (χ0n) is 8.59. The molecule has 0 amide bonds. The van der Waals surface area contributed by atoms with Gasteiger partial charge in [0, 0.05) is 6.42 Å². The van der Waals surface area contributed by atoms with Crippen molar-refractivity contribution in [2.45, 2.75) is 53.1 Å². The molecule has 0 aromatic carbocycles. The number of ether oxygens (including phenoxy) is 1. The Morgan fingerprint density at radius 2 is 1.92 bits per heavy atom. The molecule has 0 saturated heterocycles. The SMILES string of the molecule is CCC(=O)OC(CC)CC(C)C. The van der Waals surface area contributed by atoms with Gasteiger partial charge in [0.05, 0.1) is 0 Å². The van der Waals surface area contributed by atoms with Crippen LogP contribution in [0.25, 0.3) is 0 Å². The number of esters is 1. The van der Waals surface area contributed by atoms with Gasteiger partial charge in [0.2, 0.25) is 0 Å². The lowest BCUT2D eigenvalue weighted by Gasteiger charge is -2.17. The fourth-order valence-corrected chi connectivity index (χ4v) is 1.09. The van der Waals surface area contributed by atoms with Crippen LogP contribution in [0.5, 0.6) is 0 Å². The number of carbonyl (C=O) groups is 1. The summed E-state index contributed by atoms with van der Waals surface area (Å²) < 4.78 is 5.22.